The van der Waals surface area contributed by atoms with E-state index in [9.17, 15) is 9.59 Å². The van der Waals surface area contributed by atoms with Crippen molar-refractivity contribution in [2.75, 3.05) is 0 Å². The van der Waals surface area contributed by atoms with Gasteiger partial charge in [-0.15, -0.1) is 0 Å². The van der Waals surface area contributed by atoms with Gasteiger partial charge >= 0.3 is 5.97 Å². The van der Waals surface area contributed by atoms with Gasteiger partial charge < -0.3 is 10.4 Å². The Bertz CT molecular complexity index is 377. The molecule has 0 spiro atoms. The third-order valence-corrected chi connectivity index (χ3v) is 4.41. The van der Waals surface area contributed by atoms with E-state index in [1.807, 2.05) is 0 Å². The Labute approximate surface area is 154 Å². The van der Waals surface area contributed by atoms with Crippen molar-refractivity contribution >= 4 is 11.9 Å². The number of aliphatic carboxylic acids is 1. The number of carboxylic acid groups (broad SMARTS) is 1. The Hall–Kier alpha value is -1.32. The highest BCUT2D eigenvalue weighted by atomic mass is 16.4. The number of nitrogens with one attached hydrogen (secondary N) is 1. The molecule has 2 N–H and O–H groups in total. The molecule has 4 nitrogen and oxygen atoms in total. The van der Waals surface area contributed by atoms with E-state index in [1.54, 1.807) is 13.8 Å². The summed E-state index contributed by atoms with van der Waals surface area (Å²) in [5.41, 5.74) is 0. The molecule has 0 fully saturated rings. The third-order valence-electron chi connectivity index (χ3n) is 4.41. The lowest BCUT2D eigenvalue weighted by atomic mass is 10.0. The number of carbonyl (C=O) groups is 2. The van der Waals surface area contributed by atoms with Gasteiger partial charge in [0.1, 0.15) is 6.04 Å². The van der Waals surface area contributed by atoms with Crippen LogP contribution in [0.2, 0.25) is 0 Å². The fourth-order valence-electron chi connectivity index (χ4n) is 2.76. The van der Waals surface area contributed by atoms with Gasteiger partial charge in [0.25, 0.3) is 0 Å². The fourth-order valence-corrected chi connectivity index (χ4v) is 2.76. The molecule has 0 aromatic rings. The molecule has 0 radical (unpaired) electrons. The van der Waals surface area contributed by atoms with Crippen LogP contribution < -0.4 is 5.32 Å². The average molecular weight is 354 g/mol. The van der Waals surface area contributed by atoms with Crippen molar-refractivity contribution in [1.29, 1.82) is 0 Å². The van der Waals surface area contributed by atoms with Crippen molar-refractivity contribution in [3.05, 3.63) is 12.2 Å². The van der Waals surface area contributed by atoms with Crippen LogP contribution in [-0.4, -0.2) is 23.0 Å². The minimum absolute atomic E-state index is 0.0962. The number of unbranched alkanes of at least 4 members (excludes halogenated alkanes) is 9. The molecule has 0 aliphatic carbocycles. The average Bonchev–Trinajstić information content (AvgIpc) is 2.56. The van der Waals surface area contributed by atoms with E-state index >= 15 is 0 Å². The van der Waals surface area contributed by atoms with Crippen LogP contribution in [-0.2, 0) is 9.59 Å². The van der Waals surface area contributed by atoms with Crippen LogP contribution in [0.15, 0.2) is 12.2 Å². The number of carboxylic acids is 1. The highest BCUT2D eigenvalue weighted by molar-refractivity contribution is 5.83. The van der Waals surface area contributed by atoms with Crippen molar-refractivity contribution in [3.63, 3.8) is 0 Å². The van der Waals surface area contributed by atoms with Gasteiger partial charge in [0.05, 0.1) is 0 Å². The van der Waals surface area contributed by atoms with E-state index in [1.165, 1.54) is 44.9 Å². The number of hydrogen-bond donors (Lipinski definition) is 2. The monoisotopic (exact) mass is 353 g/mol. The lowest BCUT2D eigenvalue weighted by molar-refractivity contribution is -0.143. The Morgan fingerprint density at radius 1 is 0.880 bits per heavy atom. The molecule has 1 atom stereocenters. The first kappa shape index (κ1) is 23.7. The van der Waals surface area contributed by atoms with E-state index in [0.29, 0.717) is 6.42 Å². The normalized spacial score (nSPS) is 12.6. The molecule has 25 heavy (non-hydrogen) atoms. The summed E-state index contributed by atoms with van der Waals surface area (Å²) in [6.45, 7) is 5.85. The van der Waals surface area contributed by atoms with Crippen LogP contribution in [0.5, 0.6) is 0 Å². The summed E-state index contributed by atoms with van der Waals surface area (Å²) in [7, 11) is 0. The number of carbonyl (C=O) groups excluding carboxylic acids is 1. The summed E-state index contributed by atoms with van der Waals surface area (Å²) in [5, 5.41) is 11.7. The largest absolute Gasteiger partial charge is 0.480 e. The van der Waals surface area contributed by atoms with Crippen LogP contribution in [0.25, 0.3) is 0 Å². The molecular weight excluding hydrogens is 314 g/mol. The van der Waals surface area contributed by atoms with Crippen molar-refractivity contribution in [3.8, 4) is 0 Å². The molecule has 0 aliphatic heterocycles. The SMILES string of the molecule is CCCCCC/C=C\CCCCCCCC(=O)N[C@H](C(=O)O)C(C)C. The Balaban J connectivity index is 3.50. The summed E-state index contributed by atoms with van der Waals surface area (Å²) in [4.78, 5) is 22.8. The zero-order valence-electron chi connectivity index (χ0n) is 16.6. The number of hydrogen-bond acceptors (Lipinski definition) is 2. The maximum Gasteiger partial charge on any atom is 0.326 e. The first-order valence-corrected chi connectivity index (χ1v) is 10.2. The van der Waals surface area contributed by atoms with Gasteiger partial charge in [-0.25, -0.2) is 4.79 Å². The summed E-state index contributed by atoms with van der Waals surface area (Å²) in [6.07, 6.45) is 18.1. The molecule has 0 saturated carbocycles. The summed E-state index contributed by atoms with van der Waals surface area (Å²) in [6, 6.07) is -0.777. The minimum atomic E-state index is -0.957. The number of rotatable bonds is 16. The maximum atomic E-state index is 11.8. The molecule has 0 bridgehead atoms. The van der Waals surface area contributed by atoms with Gasteiger partial charge in [-0.2, -0.15) is 0 Å². The number of amides is 1. The van der Waals surface area contributed by atoms with Gasteiger partial charge in [0.2, 0.25) is 5.91 Å². The predicted molar refractivity (Wildman–Crippen MR) is 105 cm³/mol. The zero-order chi connectivity index (χ0) is 18.9. The molecule has 0 aromatic heterocycles. The van der Waals surface area contributed by atoms with E-state index < -0.39 is 12.0 Å². The van der Waals surface area contributed by atoms with Crippen LogP contribution >= 0.6 is 0 Å². The van der Waals surface area contributed by atoms with Crippen LogP contribution in [0.3, 0.4) is 0 Å². The molecule has 4 heteroatoms. The van der Waals surface area contributed by atoms with Crippen molar-refractivity contribution in [1.82, 2.24) is 5.32 Å². The Kier molecular flexibility index (Phi) is 15.3. The molecule has 146 valence electrons. The van der Waals surface area contributed by atoms with Crippen molar-refractivity contribution in [2.24, 2.45) is 5.92 Å². The third kappa shape index (κ3) is 14.7. The van der Waals surface area contributed by atoms with Gasteiger partial charge in [-0.1, -0.05) is 71.4 Å². The van der Waals surface area contributed by atoms with Gasteiger partial charge in [-0.05, 0) is 38.0 Å². The van der Waals surface area contributed by atoms with E-state index in [-0.39, 0.29) is 11.8 Å². The molecule has 1 amide bonds. The van der Waals surface area contributed by atoms with Gasteiger partial charge in [0, 0.05) is 6.42 Å². The lowest BCUT2D eigenvalue weighted by Gasteiger charge is -2.17. The first-order chi connectivity index (χ1) is 12.0. The maximum absolute atomic E-state index is 11.8. The molecule has 0 aliphatic rings. The molecule has 0 heterocycles. The quantitative estimate of drug-likeness (QED) is 0.286. The van der Waals surface area contributed by atoms with Gasteiger partial charge in [0.15, 0.2) is 0 Å². The molecule has 0 unspecified atom stereocenters. The van der Waals surface area contributed by atoms with Gasteiger partial charge in [-0.3, -0.25) is 4.79 Å². The van der Waals surface area contributed by atoms with Crippen LogP contribution in [0.4, 0.5) is 0 Å². The molecular formula is C21H39NO3. The highest BCUT2D eigenvalue weighted by Gasteiger charge is 2.22. The van der Waals surface area contributed by atoms with Crippen molar-refractivity contribution < 1.29 is 14.7 Å². The summed E-state index contributed by atoms with van der Waals surface area (Å²) >= 11 is 0. The molecule has 0 aromatic carbocycles. The molecule has 0 saturated heterocycles. The zero-order valence-corrected chi connectivity index (χ0v) is 16.6. The lowest BCUT2D eigenvalue weighted by Crippen LogP contribution is -2.44. The second-order valence-electron chi connectivity index (χ2n) is 7.25. The molecule has 0 rings (SSSR count). The van der Waals surface area contributed by atoms with E-state index in [2.05, 4.69) is 24.4 Å². The highest BCUT2D eigenvalue weighted by Crippen LogP contribution is 2.09. The number of allylic oxidation sites excluding steroid dienone is 2. The van der Waals surface area contributed by atoms with Crippen LogP contribution in [0, 0.1) is 5.92 Å². The first-order valence-electron chi connectivity index (χ1n) is 10.2. The minimum Gasteiger partial charge on any atom is -0.480 e. The Morgan fingerprint density at radius 3 is 1.92 bits per heavy atom. The fraction of sp³-hybridized carbons (Fsp3) is 0.810. The predicted octanol–water partition coefficient (Wildman–Crippen LogP) is 5.47. The van der Waals surface area contributed by atoms with Crippen molar-refractivity contribution in [2.45, 2.75) is 104 Å². The Morgan fingerprint density at radius 2 is 1.40 bits per heavy atom. The topological polar surface area (TPSA) is 66.4 Å². The van der Waals surface area contributed by atoms with E-state index in [4.69, 9.17) is 5.11 Å². The summed E-state index contributed by atoms with van der Waals surface area (Å²) < 4.78 is 0. The smallest absolute Gasteiger partial charge is 0.326 e. The summed E-state index contributed by atoms with van der Waals surface area (Å²) in [5.74, 6) is -1.20. The second-order valence-corrected chi connectivity index (χ2v) is 7.25. The second kappa shape index (κ2) is 16.2. The van der Waals surface area contributed by atoms with Crippen LogP contribution in [0.1, 0.15) is 97.8 Å². The van der Waals surface area contributed by atoms with E-state index in [0.717, 1.165) is 25.7 Å². The standard InChI is InChI=1S/C21H39NO3/c1-4-5-6-7-8-9-10-11-12-13-14-15-16-17-19(23)22-20(18(2)3)21(24)25/h9-10,18,20H,4-8,11-17H2,1-3H3,(H,22,23)(H,24,25)/b10-9-/t20-/m0/s1.